The average Bonchev–Trinajstić information content (AvgIpc) is 1.83. The number of halogens is 6. The molecular weight excluding hydrogens is 280 g/mol. The normalized spacial score (nSPS) is 15.2. The van der Waals surface area contributed by atoms with E-state index in [4.69, 9.17) is 0 Å². The van der Waals surface area contributed by atoms with Gasteiger partial charge < -0.3 is 0 Å². The summed E-state index contributed by atoms with van der Waals surface area (Å²) in [6, 6.07) is 0. The zero-order chi connectivity index (χ0) is 9.28. The molecule has 0 aromatic rings. The molecule has 0 spiro atoms. The average molecular weight is 287 g/mol. The maximum atomic E-state index is 11.9. The molecule has 0 fully saturated rings. The largest absolute Gasteiger partial charge is 0.456 e. The molecule has 0 aliphatic rings. The molecule has 0 nitrogen and oxygen atoms in total. The standard InChI is InChI=1S/C5H6F6.Pd/c1-2-3(6)4(7,8)5(9,10)11;/h3H,2H2,1H3;. The molecule has 7 heteroatoms. The predicted octanol–water partition coefficient (Wildman–Crippen LogP) is 2.93. The molecule has 0 bridgehead atoms. The Kier molecular flexibility index (Phi) is 5.49. The molecule has 0 rings (SSSR count). The molecule has 0 saturated carbocycles. The Morgan fingerprint density at radius 2 is 1.42 bits per heavy atom. The summed E-state index contributed by atoms with van der Waals surface area (Å²) in [4.78, 5) is 0. The SMILES string of the molecule is CCC(F)C(F)(F)C(F)(F)F.[Pd]. The number of rotatable bonds is 2. The van der Waals surface area contributed by atoms with E-state index in [2.05, 4.69) is 0 Å². The van der Waals surface area contributed by atoms with Gasteiger partial charge in [0.25, 0.3) is 0 Å². The van der Waals surface area contributed by atoms with Crippen LogP contribution in [-0.4, -0.2) is 18.3 Å². The van der Waals surface area contributed by atoms with E-state index in [-0.39, 0.29) is 20.4 Å². The topological polar surface area (TPSA) is 0 Å². The summed E-state index contributed by atoms with van der Waals surface area (Å²) < 4.78 is 69.4. The van der Waals surface area contributed by atoms with Crippen LogP contribution in [0.5, 0.6) is 0 Å². The molecule has 0 radical (unpaired) electrons. The monoisotopic (exact) mass is 286 g/mol. The Bertz CT molecular complexity index is 130. The Labute approximate surface area is 79.0 Å². The van der Waals surface area contributed by atoms with Gasteiger partial charge in [0.05, 0.1) is 0 Å². The Balaban J connectivity index is 0. The minimum absolute atomic E-state index is 0. The second-order valence-electron chi connectivity index (χ2n) is 2.00. The van der Waals surface area contributed by atoms with Crippen molar-refractivity contribution in [1.82, 2.24) is 0 Å². The van der Waals surface area contributed by atoms with E-state index in [9.17, 15) is 26.3 Å². The van der Waals surface area contributed by atoms with E-state index in [1.165, 1.54) is 0 Å². The van der Waals surface area contributed by atoms with E-state index >= 15 is 0 Å². The summed E-state index contributed by atoms with van der Waals surface area (Å²) in [5.74, 6) is -5.22. The minimum atomic E-state index is -5.79. The predicted molar refractivity (Wildman–Crippen MR) is 26.2 cm³/mol. The first-order valence-corrected chi connectivity index (χ1v) is 2.82. The van der Waals surface area contributed by atoms with Crippen LogP contribution in [0.15, 0.2) is 0 Å². The van der Waals surface area contributed by atoms with Crippen LogP contribution < -0.4 is 0 Å². The van der Waals surface area contributed by atoms with Gasteiger partial charge in [-0.25, -0.2) is 4.39 Å². The third kappa shape index (κ3) is 2.94. The summed E-state index contributed by atoms with van der Waals surface area (Å²) in [6.07, 6.45) is -9.79. The van der Waals surface area contributed by atoms with Gasteiger partial charge >= 0.3 is 12.1 Å². The molecule has 0 saturated heterocycles. The van der Waals surface area contributed by atoms with Crippen LogP contribution in [0.1, 0.15) is 13.3 Å². The molecule has 78 valence electrons. The Morgan fingerprint density at radius 1 is 1.08 bits per heavy atom. The smallest absolute Gasteiger partial charge is 0.240 e. The zero-order valence-corrected chi connectivity index (χ0v) is 7.42. The maximum Gasteiger partial charge on any atom is 0.456 e. The third-order valence-corrected chi connectivity index (χ3v) is 1.13. The molecule has 0 heterocycles. The molecule has 0 aromatic carbocycles. The molecule has 12 heavy (non-hydrogen) atoms. The first kappa shape index (κ1) is 14.7. The van der Waals surface area contributed by atoms with E-state index < -0.39 is 24.7 Å². The maximum absolute atomic E-state index is 11.9. The number of hydrogen-bond donors (Lipinski definition) is 0. The molecule has 0 aromatic heterocycles. The van der Waals surface area contributed by atoms with E-state index in [0.717, 1.165) is 6.92 Å². The van der Waals surface area contributed by atoms with Crippen molar-refractivity contribution in [3.8, 4) is 0 Å². The fourth-order valence-electron chi connectivity index (χ4n) is 0.434. The molecule has 0 aliphatic carbocycles. The van der Waals surface area contributed by atoms with Crippen LogP contribution in [0.3, 0.4) is 0 Å². The zero-order valence-electron chi connectivity index (χ0n) is 5.87. The molecule has 0 amide bonds. The van der Waals surface area contributed by atoms with Gasteiger partial charge in [0.2, 0.25) is 0 Å². The van der Waals surface area contributed by atoms with Gasteiger partial charge in [-0.1, -0.05) is 6.92 Å². The summed E-state index contributed by atoms with van der Waals surface area (Å²) in [5.41, 5.74) is 0. The first-order chi connectivity index (χ1) is 4.73. The van der Waals surface area contributed by atoms with Crippen LogP contribution in [0.25, 0.3) is 0 Å². The quantitative estimate of drug-likeness (QED) is 0.541. The van der Waals surface area contributed by atoms with Crippen molar-refractivity contribution < 1.29 is 46.8 Å². The summed E-state index contributed by atoms with van der Waals surface area (Å²) >= 11 is 0. The van der Waals surface area contributed by atoms with Gasteiger partial charge in [-0.3, -0.25) is 0 Å². The Hall–Kier alpha value is 0.242. The van der Waals surface area contributed by atoms with Crippen molar-refractivity contribution in [2.75, 3.05) is 0 Å². The Morgan fingerprint density at radius 3 is 1.50 bits per heavy atom. The minimum Gasteiger partial charge on any atom is -0.240 e. The molecule has 1 atom stereocenters. The second kappa shape index (κ2) is 4.47. The summed E-state index contributed by atoms with van der Waals surface area (Å²) in [5, 5.41) is 0. The van der Waals surface area contributed by atoms with Crippen LogP contribution in [0.2, 0.25) is 0 Å². The third-order valence-electron chi connectivity index (χ3n) is 1.13. The molecular formula is C5H6F6Pd. The van der Waals surface area contributed by atoms with Gasteiger partial charge in [0, 0.05) is 20.4 Å². The van der Waals surface area contributed by atoms with Crippen molar-refractivity contribution >= 4 is 0 Å². The van der Waals surface area contributed by atoms with Crippen LogP contribution >= 0.6 is 0 Å². The fourth-order valence-corrected chi connectivity index (χ4v) is 0.434. The first-order valence-electron chi connectivity index (χ1n) is 2.82. The van der Waals surface area contributed by atoms with Gasteiger partial charge in [-0.15, -0.1) is 0 Å². The number of hydrogen-bond acceptors (Lipinski definition) is 0. The van der Waals surface area contributed by atoms with E-state index in [0.29, 0.717) is 0 Å². The summed E-state index contributed by atoms with van der Waals surface area (Å²) in [7, 11) is 0. The van der Waals surface area contributed by atoms with Crippen molar-refractivity contribution in [3.63, 3.8) is 0 Å². The van der Waals surface area contributed by atoms with E-state index in [1.807, 2.05) is 0 Å². The second-order valence-corrected chi connectivity index (χ2v) is 2.00. The van der Waals surface area contributed by atoms with Crippen molar-refractivity contribution in [1.29, 1.82) is 0 Å². The summed E-state index contributed by atoms with van der Waals surface area (Å²) in [6.45, 7) is 0.921. The van der Waals surface area contributed by atoms with Gasteiger partial charge in [-0.05, 0) is 6.42 Å². The van der Waals surface area contributed by atoms with Crippen LogP contribution in [0, 0.1) is 0 Å². The molecule has 1 unspecified atom stereocenters. The van der Waals surface area contributed by atoms with Gasteiger partial charge in [-0.2, -0.15) is 22.0 Å². The van der Waals surface area contributed by atoms with Crippen molar-refractivity contribution in [3.05, 3.63) is 0 Å². The molecule has 0 aliphatic heterocycles. The molecule has 0 N–H and O–H groups in total. The van der Waals surface area contributed by atoms with Crippen molar-refractivity contribution in [2.24, 2.45) is 0 Å². The van der Waals surface area contributed by atoms with Crippen LogP contribution in [0.4, 0.5) is 26.3 Å². The van der Waals surface area contributed by atoms with E-state index in [1.54, 1.807) is 0 Å². The van der Waals surface area contributed by atoms with Gasteiger partial charge in [0.15, 0.2) is 6.17 Å². The van der Waals surface area contributed by atoms with Crippen LogP contribution in [-0.2, 0) is 20.4 Å². The fraction of sp³-hybridized carbons (Fsp3) is 1.00. The number of alkyl halides is 6. The van der Waals surface area contributed by atoms with Gasteiger partial charge in [0.1, 0.15) is 0 Å². The van der Waals surface area contributed by atoms with Crippen molar-refractivity contribution in [2.45, 2.75) is 31.6 Å².